The fourth-order valence-electron chi connectivity index (χ4n) is 3.14. The molecule has 2 saturated heterocycles. The van der Waals surface area contributed by atoms with Gasteiger partial charge in [-0.15, -0.1) is 0 Å². The highest BCUT2D eigenvalue weighted by Gasteiger charge is 2.27. The molecule has 0 bridgehead atoms. The number of aliphatic hydroxyl groups excluding tert-OH is 1. The molecule has 0 spiro atoms. The smallest absolute Gasteiger partial charge is 0.263 e. The highest BCUT2D eigenvalue weighted by atomic mass is 32.1. The molecular weight excluding hydrogens is 316 g/mol. The van der Waals surface area contributed by atoms with Crippen molar-refractivity contribution < 1.29 is 14.6 Å². The summed E-state index contributed by atoms with van der Waals surface area (Å²) in [5.41, 5.74) is 0. The summed E-state index contributed by atoms with van der Waals surface area (Å²) >= 11 is 1.42. The Morgan fingerprint density at radius 2 is 2.09 bits per heavy atom. The predicted octanol–water partition coefficient (Wildman–Crippen LogP) is 0.166. The van der Waals surface area contributed by atoms with E-state index >= 15 is 0 Å². The molecule has 2 aliphatic rings. The number of aliphatic hydroxyl groups is 1. The Morgan fingerprint density at radius 3 is 2.78 bits per heavy atom. The Morgan fingerprint density at radius 1 is 1.35 bits per heavy atom. The van der Waals surface area contributed by atoms with Crippen molar-refractivity contribution in [2.75, 3.05) is 57.4 Å². The number of amides is 1. The first kappa shape index (κ1) is 16.6. The van der Waals surface area contributed by atoms with Gasteiger partial charge in [0.1, 0.15) is 4.88 Å². The second kappa shape index (κ2) is 8.05. The average Bonchev–Trinajstić information content (AvgIpc) is 3.11. The van der Waals surface area contributed by atoms with Crippen LogP contribution < -0.4 is 10.2 Å². The Hall–Kier alpha value is -1.22. The van der Waals surface area contributed by atoms with Crippen molar-refractivity contribution in [2.24, 2.45) is 0 Å². The van der Waals surface area contributed by atoms with Crippen molar-refractivity contribution in [1.82, 2.24) is 15.2 Å². The summed E-state index contributed by atoms with van der Waals surface area (Å²) in [5, 5.41) is 12.3. The molecule has 0 aromatic carbocycles. The van der Waals surface area contributed by atoms with Crippen LogP contribution in [0.2, 0.25) is 0 Å². The first-order valence-electron chi connectivity index (χ1n) is 8.19. The molecule has 2 N–H and O–H groups in total. The van der Waals surface area contributed by atoms with Crippen LogP contribution in [0, 0.1) is 0 Å². The summed E-state index contributed by atoms with van der Waals surface area (Å²) in [6, 6.07) is 0.641. The molecule has 2 fully saturated rings. The lowest BCUT2D eigenvalue weighted by Gasteiger charge is -2.40. The van der Waals surface area contributed by atoms with Gasteiger partial charge in [0, 0.05) is 38.8 Å². The van der Waals surface area contributed by atoms with E-state index in [0.29, 0.717) is 10.9 Å². The van der Waals surface area contributed by atoms with Crippen LogP contribution in [0.4, 0.5) is 5.13 Å². The molecule has 23 heavy (non-hydrogen) atoms. The number of morpholine rings is 1. The van der Waals surface area contributed by atoms with Gasteiger partial charge in [0.15, 0.2) is 5.13 Å². The second-order valence-corrected chi connectivity index (χ2v) is 6.86. The van der Waals surface area contributed by atoms with Gasteiger partial charge in [-0.3, -0.25) is 9.69 Å². The molecule has 1 amide bonds. The number of carbonyl (C=O) groups excluding carboxylic acids is 1. The van der Waals surface area contributed by atoms with Gasteiger partial charge in [-0.1, -0.05) is 11.3 Å². The summed E-state index contributed by atoms with van der Waals surface area (Å²) < 4.78 is 5.42. The Bertz CT molecular complexity index is 511. The summed E-state index contributed by atoms with van der Waals surface area (Å²) in [4.78, 5) is 21.7. The zero-order chi connectivity index (χ0) is 16.1. The number of carbonyl (C=O) groups is 1. The molecule has 3 heterocycles. The van der Waals surface area contributed by atoms with Crippen LogP contribution in [-0.4, -0.2) is 79.5 Å². The molecule has 0 unspecified atom stereocenters. The maximum Gasteiger partial charge on any atom is 0.263 e. The molecule has 0 saturated carbocycles. The lowest BCUT2D eigenvalue weighted by Crippen LogP contribution is -2.49. The molecule has 128 valence electrons. The molecule has 8 heteroatoms. The van der Waals surface area contributed by atoms with Crippen molar-refractivity contribution in [3.05, 3.63) is 11.1 Å². The van der Waals surface area contributed by atoms with Gasteiger partial charge in [0.05, 0.1) is 26.0 Å². The largest absolute Gasteiger partial charge is 0.395 e. The number of ether oxygens (including phenoxy) is 1. The SMILES string of the molecule is O=C(NCCO)c1cnc(N2CCC(N3CCOCC3)CC2)s1. The molecule has 1 aromatic heterocycles. The number of piperidine rings is 1. The number of thiazole rings is 1. The minimum Gasteiger partial charge on any atom is -0.395 e. The number of hydrogen-bond acceptors (Lipinski definition) is 7. The number of nitrogens with one attached hydrogen (secondary N) is 1. The predicted molar refractivity (Wildman–Crippen MR) is 89.2 cm³/mol. The standard InChI is InChI=1S/C15H24N4O3S/c20-8-3-16-14(21)13-11-17-15(23-13)19-4-1-12(2-5-19)18-6-9-22-10-7-18/h11-12,20H,1-10H2,(H,16,21). The lowest BCUT2D eigenvalue weighted by atomic mass is 10.0. The van der Waals surface area contributed by atoms with Crippen LogP contribution in [0.25, 0.3) is 0 Å². The van der Waals surface area contributed by atoms with E-state index in [-0.39, 0.29) is 19.1 Å². The van der Waals surface area contributed by atoms with E-state index in [4.69, 9.17) is 9.84 Å². The van der Waals surface area contributed by atoms with Gasteiger partial charge in [-0.25, -0.2) is 4.98 Å². The minimum absolute atomic E-state index is 0.0492. The lowest BCUT2D eigenvalue weighted by molar-refractivity contribution is 0.0115. The van der Waals surface area contributed by atoms with Gasteiger partial charge in [0.25, 0.3) is 5.91 Å². The molecule has 0 radical (unpaired) electrons. The van der Waals surface area contributed by atoms with E-state index in [1.54, 1.807) is 6.20 Å². The van der Waals surface area contributed by atoms with E-state index in [2.05, 4.69) is 20.1 Å². The maximum atomic E-state index is 11.9. The summed E-state index contributed by atoms with van der Waals surface area (Å²) in [6.45, 7) is 5.95. The monoisotopic (exact) mass is 340 g/mol. The van der Waals surface area contributed by atoms with E-state index < -0.39 is 0 Å². The first-order valence-corrected chi connectivity index (χ1v) is 9.01. The summed E-state index contributed by atoms with van der Waals surface area (Å²) in [5.74, 6) is -0.161. The number of hydrogen-bond donors (Lipinski definition) is 2. The fourth-order valence-corrected chi connectivity index (χ4v) is 4.02. The van der Waals surface area contributed by atoms with Crippen LogP contribution in [0.3, 0.4) is 0 Å². The van der Waals surface area contributed by atoms with Crippen molar-refractivity contribution in [1.29, 1.82) is 0 Å². The van der Waals surface area contributed by atoms with Crippen LogP contribution in [0.5, 0.6) is 0 Å². The van der Waals surface area contributed by atoms with Gasteiger partial charge >= 0.3 is 0 Å². The van der Waals surface area contributed by atoms with E-state index in [0.717, 1.165) is 57.4 Å². The van der Waals surface area contributed by atoms with E-state index in [1.165, 1.54) is 11.3 Å². The highest BCUT2D eigenvalue weighted by molar-refractivity contribution is 7.17. The molecule has 7 nitrogen and oxygen atoms in total. The Kier molecular flexibility index (Phi) is 5.82. The van der Waals surface area contributed by atoms with Gasteiger partial charge in [0.2, 0.25) is 0 Å². The van der Waals surface area contributed by atoms with Crippen molar-refractivity contribution in [3.63, 3.8) is 0 Å². The number of nitrogens with zero attached hydrogens (tertiary/aromatic N) is 3. The van der Waals surface area contributed by atoms with Crippen molar-refractivity contribution in [3.8, 4) is 0 Å². The van der Waals surface area contributed by atoms with Crippen molar-refractivity contribution >= 4 is 22.4 Å². The highest BCUT2D eigenvalue weighted by Crippen LogP contribution is 2.27. The molecule has 0 aliphatic carbocycles. The third-order valence-corrected chi connectivity index (χ3v) is 5.47. The van der Waals surface area contributed by atoms with Gasteiger partial charge < -0.3 is 20.1 Å². The zero-order valence-electron chi connectivity index (χ0n) is 13.2. The number of anilines is 1. The van der Waals surface area contributed by atoms with Crippen molar-refractivity contribution in [2.45, 2.75) is 18.9 Å². The fraction of sp³-hybridized carbons (Fsp3) is 0.733. The van der Waals surface area contributed by atoms with Gasteiger partial charge in [-0.2, -0.15) is 0 Å². The normalized spacial score (nSPS) is 20.7. The number of rotatable bonds is 5. The van der Waals surface area contributed by atoms with Crippen LogP contribution in [-0.2, 0) is 4.74 Å². The van der Waals surface area contributed by atoms with Crippen LogP contribution in [0.15, 0.2) is 6.20 Å². The topological polar surface area (TPSA) is 77.9 Å². The van der Waals surface area contributed by atoms with E-state index in [9.17, 15) is 4.79 Å². The summed E-state index contributed by atoms with van der Waals surface area (Å²) in [7, 11) is 0. The summed E-state index contributed by atoms with van der Waals surface area (Å²) in [6.07, 6.45) is 3.89. The van der Waals surface area contributed by atoms with Crippen LogP contribution >= 0.6 is 11.3 Å². The minimum atomic E-state index is -0.161. The zero-order valence-corrected chi connectivity index (χ0v) is 14.1. The molecule has 3 rings (SSSR count). The third kappa shape index (κ3) is 4.20. The molecule has 1 aromatic rings. The van der Waals surface area contributed by atoms with Crippen LogP contribution in [0.1, 0.15) is 22.5 Å². The van der Waals surface area contributed by atoms with E-state index in [1.807, 2.05) is 0 Å². The molecular formula is C15H24N4O3S. The Balaban J connectivity index is 1.51. The Labute approximate surface area is 140 Å². The van der Waals surface area contributed by atoms with Gasteiger partial charge in [-0.05, 0) is 12.8 Å². The molecule has 0 atom stereocenters. The average molecular weight is 340 g/mol. The molecule has 2 aliphatic heterocycles. The number of aromatic nitrogens is 1. The third-order valence-electron chi connectivity index (χ3n) is 4.41. The first-order chi connectivity index (χ1) is 11.3. The quantitative estimate of drug-likeness (QED) is 0.795. The second-order valence-electron chi connectivity index (χ2n) is 5.85. The maximum absolute atomic E-state index is 11.9.